The first-order valence-corrected chi connectivity index (χ1v) is 8.72. The first kappa shape index (κ1) is 18.3. The highest BCUT2D eigenvalue weighted by Gasteiger charge is 2.59. The van der Waals surface area contributed by atoms with Gasteiger partial charge in [-0.05, 0) is 22.3 Å². The molecular formula is C20H16F3NO4. The molecule has 1 aliphatic heterocycles. The van der Waals surface area contributed by atoms with Crippen LogP contribution in [0.25, 0.3) is 11.1 Å². The second-order valence-corrected chi connectivity index (χ2v) is 6.86. The van der Waals surface area contributed by atoms with Crippen molar-refractivity contribution in [1.29, 1.82) is 0 Å². The van der Waals surface area contributed by atoms with Crippen LogP contribution >= 0.6 is 0 Å². The number of benzene rings is 2. The molecule has 8 heteroatoms. The van der Waals surface area contributed by atoms with Crippen LogP contribution in [0.3, 0.4) is 0 Å². The van der Waals surface area contributed by atoms with Gasteiger partial charge in [0, 0.05) is 12.3 Å². The molecule has 0 radical (unpaired) electrons. The van der Waals surface area contributed by atoms with Crippen LogP contribution in [-0.4, -0.2) is 46.9 Å². The minimum atomic E-state index is -4.70. The van der Waals surface area contributed by atoms with Crippen molar-refractivity contribution < 1.29 is 32.6 Å². The van der Waals surface area contributed by atoms with Gasteiger partial charge in [0.25, 0.3) is 0 Å². The summed E-state index contributed by atoms with van der Waals surface area (Å²) in [6.45, 7) is -0.166. The normalized spacial score (nSPS) is 20.9. The van der Waals surface area contributed by atoms with Crippen molar-refractivity contribution in [2.75, 3.05) is 6.61 Å². The van der Waals surface area contributed by atoms with E-state index in [4.69, 9.17) is 9.84 Å². The van der Waals surface area contributed by atoms with Crippen LogP contribution < -0.4 is 0 Å². The predicted octanol–water partition coefficient (Wildman–Crippen LogP) is 4.03. The third kappa shape index (κ3) is 2.89. The van der Waals surface area contributed by atoms with Crippen molar-refractivity contribution in [2.45, 2.75) is 30.6 Å². The van der Waals surface area contributed by atoms with Gasteiger partial charge in [-0.3, -0.25) is 4.90 Å². The Balaban J connectivity index is 1.54. The largest absolute Gasteiger partial charge is 0.480 e. The third-order valence-corrected chi connectivity index (χ3v) is 5.33. The van der Waals surface area contributed by atoms with Gasteiger partial charge < -0.3 is 9.84 Å². The Labute approximate surface area is 158 Å². The van der Waals surface area contributed by atoms with Gasteiger partial charge in [0.2, 0.25) is 0 Å². The van der Waals surface area contributed by atoms with Gasteiger partial charge >= 0.3 is 18.2 Å². The van der Waals surface area contributed by atoms with Crippen molar-refractivity contribution in [3.63, 3.8) is 0 Å². The summed E-state index contributed by atoms with van der Waals surface area (Å²) >= 11 is 0. The summed E-state index contributed by atoms with van der Waals surface area (Å²) in [5.74, 6) is -1.79. The SMILES string of the molecule is O=C(O)[C@@H]1C[C@H](C(F)(F)F)N1C(=O)OCC1c2ccccc2-c2ccccc21. The Morgan fingerprint density at radius 3 is 2.07 bits per heavy atom. The Morgan fingerprint density at radius 1 is 1.04 bits per heavy atom. The highest BCUT2D eigenvalue weighted by atomic mass is 19.4. The lowest BCUT2D eigenvalue weighted by Gasteiger charge is -2.45. The zero-order valence-electron chi connectivity index (χ0n) is 14.5. The van der Waals surface area contributed by atoms with Crippen molar-refractivity contribution in [3.05, 3.63) is 59.7 Å². The van der Waals surface area contributed by atoms with Gasteiger partial charge in [0.15, 0.2) is 0 Å². The van der Waals surface area contributed by atoms with E-state index in [9.17, 15) is 22.8 Å². The maximum Gasteiger partial charge on any atom is 0.411 e. The van der Waals surface area contributed by atoms with Crippen LogP contribution in [0.2, 0.25) is 0 Å². The quantitative estimate of drug-likeness (QED) is 0.858. The van der Waals surface area contributed by atoms with Crippen molar-refractivity contribution in [2.24, 2.45) is 0 Å². The monoisotopic (exact) mass is 391 g/mol. The van der Waals surface area contributed by atoms with Crippen LogP contribution in [-0.2, 0) is 9.53 Å². The number of hydrogen-bond donors (Lipinski definition) is 1. The number of carboxylic acid groups (broad SMARTS) is 1. The average Bonchev–Trinajstić information content (AvgIpc) is 2.91. The average molecular weight is 391 g/mol. The predicted molar refractivity (Wildman–Crippen MR) is 92.8 cm³/mol. The lowest BCUT2D eigenvalue weighted by atomic mass is 9.93. The van der Waals surface area contributed by atoms with Gasteiger partial charge in [-0.2, -0.15) is 13.2 Å². The van der Waals surface area contributed by atoms with E-state index < -0.39 is 36.7 Å². The molecule has 0 unspecified atom stereocenters. The van der Waals surface area contributed by atoms with E-state index >= 15 is 0 Å². The summed E-state index contributed by atoms with van der Waals surface area (Å²) in [7, 11) is 0. The lowest BCUT2D eigenvalue weighted by molar-refractivity contribution is -0.219. The fourth-order valence-electron chi connectivity index (χ4n) is 3.95. The minimum Gasteiger partial charge on any atom is -0.480 e. The van der Waals surface area contributed by atoms with Gasteiger partial charge in [-0.15, -0.1) is 0 Å². The molecule has 1 aliphatic carbocycles. The molecule has 2 aromatic carbocycles. The van der Waals surface area contributed by atoms with Crippen molar-refractivity contribution >= 4 is 12.1 Å². The smallest absolute Gasteiger partial charge is 0.411 e. The molecule has 1 heterocycles. The number of aliphatic carboxylic acids is 1. The summed E-state index contributed by atoms with van der Waals surface area (Å²) < 4.78 is 44.3. The molecule has 0 saturated carbocycles. The van der Waals surface area contributed by atoms with E-state index in [0.717, 1.165) is 22.3 Å². The number of carbonyl (C=O) groups is 2. The summed E-state index contributed by atoms with van der Waals surface area (Å²) in [6, 6.07) is 11.4. The van der Waals surface area contributed by atoms with Crippen LogP contribution in [0.15, 0.2) is 48.5 Å². The molecule has 5 nitrogen and oxygen atoms in total. The topological polar surface area (TPSA) is 66.8 Å². The fourth-order valence-corrected chi connectivity index (χ4v) is 3.95. The van der Waals surface area contributed by atoms with E-state index in [1.54, 1.807) is 0 Å². The molecule has 2 aliphatic rings. The number of alkyl halides is 3. The molecule has 1 fully saturated rings. The molecule has 0 aromatic heterocycles. The number of halogens is 3. The molecule has 1 N–H and O–H groups in total. The number of carboxylic acids is 1. The summed E-state index contributed by atoms with van der Waals surface area (Å²) in [5.41, 5.74) is 3.81. The van der Waals surface area contributed by atoms with Gasteiger partial charge in [-0.1, -0.05) is 48.5 Å². The van der Waals surface area contributed by atoms with Gasteiger partial charge in [0.05, 0.1) is 0 Å². The number of nitrogens with zero attached hydrogens (tertiary/aromatic N) is 1. The van der Waals surface area contributed by atoms with Crippen LogP contribution in [0.5, 0.6) is 0 Å². The molecule has 2 aromatic rings. The molecule has 1 saturated heterocycles. The lowest BCUT2D eigenvalue weighted by Crippen LogP contribution is -2.66. The number of fused-ring (bicyclic) bond motifs is 3. The summed E-state index contributed by atoms with van der Waals surface area (Å²) in [4.78, 5) is 23.7. The maximum absolute atomic E-state index is 13.0. The number of carbonyl (C=O) groups excluding carboxylic acids is 1. The summed E-state index contributed by atoms with van der Waals surface area (Å²) in [5, 5.41) is 9.06. The highest BCUT2D eigenvalue weighted by molar-refractivity contribution is 5.83. The van der Waals surface area contributed by atoms with Crippen molar-refractivity contribution in [1.82, 2.24) is 4.90 Å². The maximum atomic E-state index is 13.0. The highest BCUT2D eigenvalue weighted by Crippen LogP contribution is 2.45. The Hall–Kier alpha value is -3.03. The molecular weight excluding hydrogens is 375 g/mol. The molecule has 4 rings (SSSR count). The first-order valence-electron chi connectivity index (χ1n) is 8.72. The minimum absolute atomic E-state index is 0.166. The van der Waals surface area contributed by atoms with Gasteiger partial charge in [-0.25, -0.2) is 9.59 Å². The second-order valence-electron chi connectivity index (χ2n) is 6.86. The zero-order valence-corrected chi connectivity index (χ0v) is 14.5. The zero-order chi connectivity index (χ0) is 20.1. The second kappa shape index (κ2) is 6.54. The number of likely N-dealkylation sites (tertiary alicyclic amines) is 1. The Kier molecular flexibility index (Phi) is 4.28. The molecule has 2 atom stereocenters. The fraction of sp³-hybridized carbons (Fsp3) is 0.300. The molecule has 0 bridgehead atoms. The van der Waals surface area contributed by atoms with Crippen molar-refractivity contribution in [3.8, 4) is 11.1 Å². The van der Waals surface area contributed by atoms with Gasteiger partial charge in [0.1, 0.15) is 18.7 Å². The number of rotatable bonds is 3. The Bertz CT molecular complexity index is 898. The van der Waals surface area contributed by atoms with E-state index in [1.807, 2.05) is 48.5 Å². The molecule has 28 heavy (non-hydrogen) atoms. The van der Waals surface area contributed by atoms with E-state index in [0.29, 0.717) is 0 Å². The van der Waals surface area contributed by atoms with E-state index in [1.165, 1.54) is 0 Å². The number of amides is 1. The molecule has 1 amide bonds. The third-order valence-electron chi connectivity index (χ3n) is 5.33. The number of hydrogen-bond acceptors (Lipinski definition) is 3. The van der Waals surface area contributed by atoms with E-state index in [2.05, 4.69) is 0 Å². The molecule has 146 valence electrons. The van der Waals surface area contributed by atoms with Crippen LogP contribution in [0, 0.1) is 0 Å². The molecule has 0 spiro atoms. The number of ether oxygens (including phenoxy) is 1. The van der Waals surface area contributed by atoms with Crippen LogP contribution in [0.4, 0.5) is 18.0 Å². The first-order chi connectivity index (χ1) is 13.3. The van der Waals surface area contributed by atoms with Crippen LogP contribution in [0.1, 0.15) is 23.5 Å². The Morgan fingerprint density at radius 2 is 1.57 bits per heavy atom. The summed E-state index contributed by atoms with van der Waals surface area (Å²) in [6.07, 6.45) is -6.62. The van der Waals surface area contributed by atoms with E-state index in [-0.39, 0.29) is 17.4 Å². The standard InChI is InChI=1S/C20H16F3NO4/c21-20(22,23)17-9-16(18(25)26)24(17)19(27)28-10-15-13-7-3-1-5-11(13)12-6-2-4-8-14(12)15/h1-8,15-17H,9-10H2,(H,25,26)/t16-,17+/m0/s1.